The average Bonchev–Trinajstić information content (AvgIpc) is 3.07. The molecule has 0 aromatic rings. The number of carbonyl (C=O) groups is 2. The number of carboxylic acid groups (broad SMARTS) is 1. The van der Waals surface area contributed by atoms with Gasteiger partial charge in [-0.3, -0.25) is 9.59 Å². The molecule has 4 heteroatoms. The van der Waals surface area contributed by atoms with Crippen LogP contribution in [0.4, 0.5) is 0 Å². The van der Waals surface area contributed by atoms with E-state index in [1.807, 2.05) is 0 Å². The molecule has 0 radical (unpaired) electrons. The van der Waals surface area contributed by atoms with Gasteiger partial charge >= 0.3 is 11.9 Å². The number of carbonyl (C=O) groups excluding carboxylic acids is 1. The average molecular weight is 675 g/mol. The quantitative estimate of drug-likeness (QED) is 0.0400. The minimum Gasteiger partial charge on any atom is -0.481 e. The molecule has 0 aliphatic rings. The van der Waals surface area contributed by atoms with Gasteiger partial charge in [-0.2, -0.15) is 0 Å². The fourth-order valence-electron chi connectivity index (χ4n) is 6.51. The Balaban J connectivity index is 3.82. The van der Waals surface area contributed by atoms with E-state index in [-0.39, 0.29) is 12.1 Å². The molecule has 0 amide bonds. The molecule has 0 rings (SSSR count). The topological polar surface area (TPSA) is 63.6 Å². The lowest BCUT2D eigenvalue weighted by molar-refractivity contribution is -0.150. The first-order valence-corrected chi connectivity index (χ1v) is 21.3. The zero-order chi connectivity index (χ0) is 35.0. The van der Waals surface area contributed by atoms with Crippen LogP contribution in [-0.4, -0.2) is 23.1 Å². The van der Waals surface area contributed by atoms with Gasteiger partial charge in [-0.25, -0.2) is 0 Å². The summed E-state index contributed by atoms with van der Waals surface area (Å²) in [5.74, 6) is -0.635. The third-order valence-electron chi connectivity index (χ3n) is 9.68. The standard InChI is InChI=1S/C44H82O4/c1-3-5-7-9-10-11-12-13-14-15-16-17-18-19-23-26-29-33-37-41-44(47)48-42(38-34-30-8-6-4-2)39-35-31-27-24-21-20-22-25-28-32-36-40-43(45)46/h10-11,13-14,42H,3-9,12,15-41H2,1-2H3,(H,45,46)/b11-10-,14-13-. The highest BCUT2D eigenvalue weighted by Gasteiger charge is 2.14. The van der Waals surface area contributed by atoms with Crippen molar-refractivity contribution < 1.29 is 19.4 Å². The molecule has 1 N–H and O–H groups in total. The molecule has 0 bridgehead atoms. The fraction of sp³-hybridized carbons (Fsp3) is 0.864. The van der Waals surface area contributed by atoms with Crippen LogP contribution in [0.25, 0.3) is 0 Å². The first-order valence-electron chi connectivity index (χ1n) is 21.3. The van der Waals surface area contributed by atoms with E-state index in [1.54, 1.807) is 0 Å². The zero-order valence-electron chi connectivity index (χ0n) is 32.3. The van der Waals surface area contributed by atoms with Gasteiger partial charge in [0, 0.05) is 12.8 Å². The Morgan fingerprint density at radius 3 is 1.27 bits per heavy atom. The second-order valence-electron chi connectivity index (χ2n) is 14.5. The molecule has 0 saturated carbocycles. The van der Waals surface area contributed by atoms with Crippen molar-refractivity contribution in [1.29, 1.82) is 0 Å². The smallest absolute Gasteiger partial charge is 0.306 e. The van der Waals surface area contributed by atoms with Crippen LogP contribution in [-0.2, 0) is 14.3 Å². The van der Waals surface area contributed by atoms with Crippen molar-refractivity contribution in [3.05, 3.63) is 24.3 Å². The highest BCUT2D eigenvalue weighted by molar-refractivity contribution is 5.69. The van der Waals surface area contributed by atoms with Gasteiger partial charge in [0.1, 0.15) is 6.10 Å². The van der Waals surface area contributed by atoms with Crippen molar-refractivity contribution in [2.75, 3.05) is 0 Å². The second kappa shape index (κ2) is 39.9. The van der Waals surface area contributed by atoms with Crippen molar-refractivity contribution >= 4 is 11.9 Å². The predicted molar refractivity (Wildman–Crippen MR) is 209 cm³/mol. The number of allylic oxidation sites excluding steroid dienone is 4. The van der Waals surface area contributed by atoms with E-state index in [2.05, 4.69) is 38.2 Å². The molecule has 48 heavy (non-hydrogen) atoms. The highest BCUT2D eigenvalue weighted by atomic mass is 16.5. The van der Waals surface area contributed by atoms with Crippen molar-refractivity contribution in [2.24, 2.45) is 0 Å². The van der Waals surface area contributed by atoms with Crippen LogP contribution < -0.4 is 0 Å². The Labute approximate surface area is 299 Å². The maximum absolute atomic E-state index is 12.7. The van der Waals surface area contributed by atoms with E-state index in [1.165, 1.54) is 167 Å². The molecule has 0 aromatic carbocycles. The van der Waals surface area contributed by atoms with Gasteiger partial charge in [0.25, 0.3) is 0 Å². The lowest BCUT2D eigenvalue weighted by Gasteiger charge is -2.18. The lowest BCUT2D eigenvalue weighted by atomic mass is 10.0. The number of esters is 1. The van der Waals surface area contributed by atoms with Gasteiger partial charge < -0.3 is 9.84 Å². The van der Waals surface area contributed by atoms with Crippen LogP contribution >= 0.6 is 0 Å². The van der Waals surface area contributed by atoms with Gasteiger partial charge in [-0.05, 0) is 70.6 Å². The Kier molecular flexibility index (Phi) is 38.5. The van der Waals surface area contributed by atoms with E-state index < -0.39 is 5.97 Å². The van der Waals surface area contributed by atoms with Gasteiger partial charge in [0.2, 0.25) is 0 Å². The summed E-state index contributed by atoms with van der Waals surface area (Å²) in [6.45, 7) is 4.52. The molecule has 0 spiro atoms. The summed E-state index contributed by atoms with van der Waals surface area (Å²) in [6, 6.07) is 0. The van der Waals surface area contributed by atoms with Crippen molar-refractivity contribution in [1.82, 2.24) is 0 Å². The molecule has 0 fully saturated rings. The van der Waals surface area contributed by atoms with Crippen LogP contribution in [0.3, 0.4) is 0 Å². The lowest BCUT2D eigenvalue weighted by Crippen LogP contribution is -2.18. The maximum atomic E-state index is 12.7. The summed E-state index contributed by atoms with van der Waals surface area (Å²) < 4.78 is 6.03. The van der Waals surface area contributed by atoms with E-state index in [0.717, 1.165) is 44.9 Å². The highest BCUT2D eigenvalue weighted by Crippen LogP contribution is 2.19. The maximum Gasteiger partial charge on any atom is 0.306 e. The van der Waals surface area contributed by atoms with Gasteiger partial charge in [0.05, 0.1) is 0 Å². The molecular weight excluding hydrogens is 592 g/mol. The van der Waals surface area contributed by atoms with Crippen molar-refractivity contribution in [3.8, 4) is 0 Å². The monoisotopic (exact) mass is 675 g/mol. The van der Waals surface area contributed by atoms with E-state index >= 15 is 0 Å². The number of aliphatic carboxylic acids is 1. The van der Waals surface area contributed by atoms with Crippen LogP contribution in [0, 0.1) is 0 Å². The van der Waals surface area contributed by atoms with E-state index in [9.17, 15) is 9.59 Å². The van der Waals surface area contributed by atoms with E-state index in [0.29, 0.717) is 12.8 Å². The summed E-state index contributed by atoms with van der Waals surface area (Å²) in [5.41, 5.74) is 0. The Hall–Kier alpha value is -1.58. The van der Waals surface area contributed by atoms with Gasteiger partial charge in [-0.1, -0.05) is 179 Å². The molecule has 1 unspecified atom stereocenters. The SMILES string of the molecule is CCCCC/C=C\C/C=C\CCCCCCCCCCCC(=O)OC(CCCCCCC)CCCCCCCCCCCCCC(=O)O. The summed E-state index contributed by atoms with van der Waals surface area (Å²) in [7, 11) is 0. The molecule has 1 atom stereocenters. The van der Waals surface area contributed by atoms with Crippen molar-refractivity contribution in [2.45, 2.75) is 245 Å². The molecule has 4 nitrogen and oxygen atoms in total. The zero-order valence-corrected chi connectivity index (χ0v) is 32.3. The van der Waals surface area contributed by atoms with E-state index in [4.69, 9.17) is 9.84 Å². The van der Waals surface area contributed by atoms with Gasteiger partial charge in [0.15, 0.2) is 0 Å². The third kappa shape index (κ3) is 38.9. The molecule has 282 valence electrons. The minimum atomic E-state index is -0.671. The molecular formula is C44H82O4. The number of hydrogen-bond acceptors (Lipinski definition) is 3. The number of rotatable bonds is 39. The molecule has 0 saturated heterocycles. The summed E-state index contributed by atoms with van der Waals surface area (Å²) in [6.07, 6.45) is 50.8. The van der Waals surface area contributed by atoms with Crippen molar-refractivity contribution in [3.63, 3.8) is 0 Å². The molecule has 0 aliphatic carbocycles. The predicted octanol–water partition coefficient (Wildman–Crippen LogP) is 14.8. The molecule has 0 aromatic heterocycles. The summed E-state index contributed by atoms with van der Waals surface area (Å²) in [4.78, 5) is 23.2. The first kappa shape index (κ1) is 46.4. The number of unbranched alkanes of at least 4 members (excludes halogenated alkanes) is 26. The third-order valence-corrected chi connectivity index (χ3v) is 9.68. The number of ether oxygens (including phenoxy) is 1. The minimum absolute atomic E-state index is 0.0357. The Morgan fingerprint density at radius 1 is 0.458 bits per heavy atom. The first-order chi connectivity index (χ1) is 23.6. The second-order valence-corrected chi connectivity index (χ2v) is 14.5. The molecule has 0 heterocycles. The largest absolute Gasteiger partial charge is 0.481 e. The Bertz CT molecular complexity index is 727. The van der Waals surface area contributed by atoms with Crippen LogP contribution in [0.2, 0.25) is 0 Å². The van der Waals surface area contributed by atoms with Gasteiger partial charge in [-0.15, -0.1) is 0 Å². The Morgan fingerprint density at radius 2 is 0.812 bits per heavy atom. The van der Waals surface area contributed by atoms with Crippen LogP contribution in [0.5, 0.6) is 0 Å². The van der Waals surface area contributed by atoms with Crippen LogP contribution in [0.1, 0.15) is 239 Å². The fourth-order valence-corrected chi connectivity index (χ4v) is 6.51. The summed E-state index contributed by atoms with van der Waals surface area (Å²) >= 11 is 0. The molecule has 0 aliphatic heterocycles. The number of hydrogen-bond donors (Lipinski definition) is 1. The summed E-state index contributed by atoms with van der Waals surface area (Å²) in [5, 5.41) is 8.70. The van der Waals surface area contributed by atoms with Crippen LogP contribution in [0.15, 0.2) is 24.3 Å². The number of carboxylic acids is 1. The normalized spacial score (nSPS) is 12.4.